The van der Waals surface area contributed by atoms with Crippen LogP contribution < -0.4 is 9.88 Å². The van der Waals surface area contributed by atoms with Gasteiger partial charge < -0.3 is 4.74 Å². The first kappa shape index (κ1) is 16.2. The second kappa shape index (κ2) is 6.31. The Balaban J connectivity index is 2.15. The third-order valence-electron chi connectivity index (χ3n) is 2.61. The van der Waals surface area contributed by atoms with Gasteiger partial charge in [-0.1, -0.05) is 17.7 Å². The van der Waals surface area contributed by atoms with E-state index in [9.17, 15) is 12.8 Å². The summed E-state index contributed by atoms with van der Waals surface area (Å²) in [6.45, 7) is 0.160. The van der Waals surface area contributed by atoms with Crippen molar-refractivity contribution in [2.75, 3.05) is 0 Å². The summed E-state index contributed by atoms with van der Waals surface area (Å²) in [5.41, 5.74) is 0.684. The molecule has 0 saturated heterocycles. The maximum atomic E-state index is 13.0. The lowest BCUT2D eigenvalue weighted by Gasteiger charge is -2.09. The Labute approximate surface area is 134 Å². The number of benzene rings is 2. The van der Waals surface area contributed by atoms with E-state index in [-0.39, 0.29) is 16.5 Å². The first-order chi connectivity index (χ1) is 9.77. The van der Waals surface area contributed by atoms with Crippen LogP contribution in [0.15, 0.2) is 45.8 Å². The maximum absolute atomic E-state index is 13.0. The molecule has 2 rings (SSSR count). The molecule has 0 aliphatic heterocycles. The molecule has 8 heteroatoms. The fourth-order valence-electron chi connectivity index (χ4n) is 1.57. The molecule has 0 amide bonds. The van der Waals surface area contributed by atoms with Crippen molar-refractivity contribution in [2.45, 2.75) is 11.5 Å². The molecule has 0 bridgehead atoms. The van der Waals surface area contributed by atoms with Gasteiger partial charge in [-0.15, -0.1) is 0 Å². The lowest BCUT2D eigenvalue weighted by atomic mass is 10.2. The van der Waals surface area contributed by atoms with E-state index in [1.165, 1.54) is 30.3 Å². The SMILES string of the molecule is NS(=O)(=O)c1ccc(OCc2ccc(F)c(Cl)c2)c(Br)c1. The number of nitrogens with two attached hydrogens (primary N) is 1. The van der Waals surface area contributed by atoms with Crippen LogP contribution in [0.4, 0.5) is 4.39 Å². The summed E-state index contributed by atoms with van der Waals surface area (Å²) in [5.74, 6) is -0.0676. The molecule has 21 heavy (non-hydrogen) atoms. The monoisotopic (exact) mass is 393 g/mol. The minimum absolute atomic E-state index is 0.0136. The van der Waals surface area contributed by atoms with E-state index in [0.29, 0.717) is 15.8 Å². The van der Waals surface area contributed by atoms with E-state index in [1.807, 2.05) is 0 Å². The van der Waals surface area contributed by atoms with Crippen LogP contribution in [-0.4, -0.2) is 8.42 Å². The minimum Gasteiger partial charge on any atom is -0.488 e. The molecule has 0 aliphatic carbocycles. The van der Waals surface area contributed by atoms with Gasteiger partial charge in [-0.2, -0.15) is 0 Å². The molecule has 4 nitrogen and oxygen atoms in total. The smallest absolute Gasteiger partial charge is 0.238 e. The number of rotatable bonds is 4. The lowest BCUT2D eigenvalue weighted by molar-refractivity contribution is 0.304. The van der Waals surface area contributed by atoms with E-state index in [2.05, 4.69) is 15.9 Å². The number of ether oxygens (including phenoxy) is 1. The summed E-state index contributed by atoms with van der Waals surface area (Å²) in [4.78, 5) is -0.0217. The number of primary sulfonamides is 1. The zero-order valence-corrected chi connectivity index (χ0v) is 13.7. The van der Waals surface area contributed by atoms with Crippen molar-refractivity contribution < 1.29 is 17.5 Å². The molecule has 2 aromatic rings. The van der Waals surface area contributed by atoms with Gasteiger partial charge in [0.15, 0.2) is 0 Å². The summed E-state index contributed by atoms with van der Waals surface area (Å²) in [5, 5.41) is 5.05. The highest BCUT2D eigenvalue weighted by Crippen LogP contribution is 2.28. The molecule has 0 heterocycles. The van der Waals surface area contributed by atoms with E-state index in [0.717, 1.165) is 0 Å². The third kappa shape index (κ3) is 4.16. The Bertz CT molecular complexity index is 783. The van der Waals surface area contributed by atoms with Crippen molar-refractivity contribution >= 4 is 37.6 Å². The Morgan fingerprint density at radius 3 is 2.52 bits per heavy atom. The fourth-order valence-corrected chi connectivity index (χ4v) is 2.95. The lowest BCUT2D eigenvalue weighted by Crippen LogP contribution is -2.12. The average Bonchev–Trinajstić information content (AvgIpc) is 2.40. The molecule has 0 aromatic heterocycles. The zero-order chi connectivity index (χ0) is 15.6. The third-order valence-corrected chi connectivity index (χ3v) is 4.43. The molecule has 0 atom stereocenters. The molecule has 2 aromatic carbocycles. The molecule has 0 unspecified atom stereocenters. The first-order valence-electron chi connectivity index (χ1n) is 5.66. The molecule has 0 spiro atoms. The molecule has 0 radical (unpaired) electrons. The van der Waals surface area contributed by atoms with Gasteiger partial charge in [-0.05, 0) is 51.8 Å². The largest absolute Gasteiger partial charge is 0.488 e. The molecular weight excluding hydrogens is 385 g/mol. The van der Waals surface area contributed by atoms with Crippen molar-refractivity contribution in [1.29, 1.82) is 0 Å². The molecule has 112 valence electrons. The van der Waals surface area contributed by atoms with Gasteiger partial charge in [-0.25, -0.2) is 17.9 Å². The highest BCUT2D eigenvalue weighted by Gasteiger charge is 2.11. The van der Waals surface area contributed by atoms with Gasteiger partial charge >= 0.3 is 0 Å². The predicted octanol–water partition coefficient (Wildman–Crippen LogP) is 3.47. The van der Waals surface area contributed by atoms with Crippen LogP contribution in [0.1, 0.15) is 5.56 Å². The van der Waals surface area contributed by atoms with Gasteiger partial charge in [-0.3, -0.25) is 0 Å². The highest BCUT2D eigenvalue weighted by molar-refractivity contribution is 9.10. The first-order valence-corrected chi connectivity index (χ1v) is 8.38. The zero-order valence-electron chi connectivity index (χ0n) is 10.5. The van der Waals surface area contributed by atoms with Gasteiger partial charge in [0.05, 0.1) is 14.4 Å². The highest BCUT2D eigenvalue weighted by atomic mass is 79.9. The Kier molecular flexibility index (Phi) is 4.88. The summed E-state index contributed by atoms with van der Waals surface area (Å²) in [6, 6.07) is 8.43. The number of hydrogen-bond acceptors (Lipinski definition) is 3. The van der Waals surface area contributed by atoms with E-state index in [4.69, 9.17) is 21.5 Å². The van der Waals surface area contributed by atoms with E-state index < -0.39 is 15.8 Å². The van der Waals surface area contributed by atoms with Crippen LogP contribution in [0.3, 0.4) is 0 Å². The number of hydrogen-bond donors (Lipinski definition) is 1. The van der Waals surface area contributed by atoms with Gasteiger partial charge in [0.1, 0.15) is 18.2 Å². The standard InChI is InChI=1S/C13H10BrClFNO3S/c14-10-6-9(21(17,18)19)2-4-13(10)20-7-8-1-3-12(16)11(15)5-8/h1-6H,7H2,(H2,17,18,19). The molecule has 0 saturated carbocycles. The maximum Gasteiger partial charge on any atom is 0.238 e. The Morgan fingerprint density at radius 1 is 1.24 bits per heavy atom. The Hall–Kier alpha value is -1.15. The summed E-state index contributed by atoms with van der Waals surface area (Å²) < 4.78 is 41.4. The topological polar surface area (TPSA) is 69.4 Å². The molecular formula is C13H10BrClFNO3S. The normalized spacial score (nSPS) is 11.4. The van der Waals surface area contributed by atoms with Crippen LogP contribution in [0.5, 0.6) is 5.75 Å². The van der Waals surface area contributed by atoms with Crippen LogP contribution in [0.2, 0.25) is 5.02 Å². The van der Waals surface area contributed by atoms with E-state index in [1.54, 1.807) is 6.07 Å². The molecule has 0 aliphatic rings. The van der Waals surface area contributed by atoms with Crippen molar-refractivity contribution in [3.8, 4) is 5.75 Å². The second-order valence-corrected chi connectivity index (χ2v) is 7.00. The quantitative estimate of drug-likeness (QED) is 0.863. The van der Waals surface area contributed by atoms with Crippen LogP contribution in [0, 0.1) is 5.82 Å². The van der Waals surface area contributed by atoms with Gasteiger partial charge in [0.25, 0.3) is 0 Å². The van der Waals surface area contributed by atoms with E-state index >= 15 is 0 Å². The van der Waals surface area contributed by atoms with Crippen LogP contribution >= 0.6 is 27.5 Å². The number of halogens is 3. The summed E-state index contributed by atoms with van der Waals surface area (Å²) in [6.07, 6.45) is 0. The summed E-state index contributed by atoms with van der Waals surface area (Å²) >= 11 is 8.89. The van der Waals surface area contributed by atoms with Crippen molar-refractivity contribution in [3.05, 3.63) is 57.3 Å². The predicted molar refractivity (Wildman–Crippen MR) is 81.3 cm³/mol. The number of sulfonamides is 1. The summed E-state index contributed by atoms with van der Waals surface area (Å²) in [7, 11) is -3.76. The Morgan fingerprint density at radius 2 is 1.95 bits per heavy atom. The van der Waals surface area contributed by atoms with Crippen LogP contribution in [-0.2, 0) is 16.6 Å². The van der Waals surface area contributed by atoms with Crippen LogP contribution in [0.25, 0.3) is 0 Å². The van der Waals surface area contributed by atoms with Crippen molar-refractivity contribution in [3.63, 3.8) is 0 Å². The van der Waals surface area contributed by atoms with Crippen molar-refractivity contribution in [1.82, 2.24) is 0 Å². The van der Waals surface area contributed by atoms with Gasteiger partial charge in [0.2, 0.25) is 10.0 Å². The molecule has 2 N–H and O–H groups in total. The van der Waals surface area contributed by atoms with Gasteiger partial charge in [0, 0.05) is 0 Å². The minimum atomic E-state index is -3.76. The molecule has 0 fully saturated rings. The van der Waals surface area contributed by atoms with Crippen molar-refractivity contribution in [2.24, 2.45) is 5.14 Å². The second-order valence-electron chi connectivity index (χ2n) is 4.17. The average molecular weight is 395 g/mol. The fraction of sp³-hybridized carbons (Fsp3) is 0.0769.